The van der Waals surface area contributed by atoms with Crippen molar-refractivity contribution in [2.45, 2.75) is 94.0 Å². The van der Waals surface area contributed by atoms with Gasteiger partial charge in [-0.2, -0.15) is 0 Å². The Hall–Kier alpha value is -0.690. The maximum Gasteiger partial charge on any atom is 0.187 e. The number of ether oxygens (including phenoxy) is 2. The predicted molar refractivity (Wildman–Crippen MR) is 106 cm³/mol. The normalized spacial score (nSPS) is 49.0. The summed E-state index contributed by atoms with van der Waals surface area (Å²) in [7, 11) is 0. The third-order valence-corrected chi connectivity index (χ3v) is 7.86. The third kappa shape index (κ3) is 4.30. The lowest BCUT2D eigenvalue weighted by Gasteiger charge is -2.45. The minimum absolute atomic E-state index is 0.0184. The summed E-state index contributed by atoms with van der Waals surface area (Å²) >= 11 is 0. The molecule has 10 heteroatoms. The molecule has 1 aliphatic heterocycles. The van der Waals surface area contributed by atoms with E-state index in [0.29, 0.717) is 12.8 Å². The van der Waals surface area contributed by atoms with Gasteiger partial charge in [0.25, 0.3) is 0 Å². The zero-order valence-electron chi connectivity index (χ0n) is 18.2. The second-order valence-electron chi connectivity index (χ2n) is 10.1. The number of fused-ring (bicyclic) bond motifs is 1. The van der Waals surface area contributed by atoms with Gasteiger partial charge in [-0.25, -0.2) is 0 Å². The van der Waals surface area contributed by atoms with Crippen molar-refractivity contribution in [1.29, 1.82) is 0 Å². The van der Waals surface area contributed by atoms with Crippen molar-refractivity contribution in [2.24, 2.45) is 17.8 Å². The highest BCUT2D eigenvalue weighted by Gasteiger charge is 2.60. The molecule has 7 N–H and O–H groups in total. The number of carbonyl (C=O) groups is 1. The first-order valence-electron chi connectivity index (χ1n) is 10.9. The number of ketones is 1. The smallest absolute Gasteiger partial charge is 0.187 e. The number of aliphatic hydroxyl groups excluding tert-OH is 5. The fraction of sp³-hybridized carbons (Fsp3) is 0.952. The van der Waals surface area contributed by atoms with Crippen LogP contribution in [0.4, 0.5) is 0 Å². The minimum atomic E-state index is -1.64. The molecule has 1 heterocycles. The molecule has 0 aromatic carbocycles. The Balaban J connectivity index is 1.83. The third-order valence-electron chi connectivity index (χ3n) is 7.86. The van der Waals surface area contributed by atoms with Crippen LogP contribution in [0.1, 0.15) is 46.5 Å². The van der Waals surface area contributed by atoms with Crippen LogP contribution in [0.2, 0.25) is 0 Å². The molecule has 2 saturated carbocycles. The molecule has 0 amide bonds. The van der Waals surface area contributed by atoms with Crippen LogP contribution in [-0.4, -0.2) is 102 Å². The van der Waals surface area contributed by atoms with Crippen LogP contribution < -0.4 is 0 Å². The Morgan fingerprint density at radius 1 is 1.10 bits per heavy atom. The highest BCUT2D eigenvalue weighted by atomic mass is 16.7. The van der Waals surface area contributed by atoms with E-state index in [1.54, 1.807) is 13.8 Å². The fourth-order valence-electron chi connectivity index (χ4n) is 5.53. The van der Waals surface area contributed by atoms with E-state index < -0.39 is 72.6 Å². The number of rotatable bonds is 5. The molecule has 3 aliphatic rings. The van der Waals surface area contributed by atoms with Crippen molar-refractivity contribution in [3.8, 4) is 0 Å². The average Bonchev–Trinajstić information content (AvgIpc) is 2.84. The second kappa shape index (κ2) is 8.58. The maximum absolute atomic E-state index is 12.4. The van der Waals surface area contributed by atoms with Gasteiger partial charge in [0, 0.05) is 18.3 Å². The van der Waals surface area contributed by atoms with Gasteiger partial charge in [0.05, 0.1) is 24.4 Å². The van der Waals surface area contributed by atoms with Crippen molar-refractivity contribution in [1.82, 2.24) is 0 Å². The van der Waals surface area contributed by atoms with E-state index in [1.807, 2.05) is 0 Å². The minimum Gasteiger partial charge on any atom is -0.394 e. The Labute approximate surface area is 181 Å². The summed E-state index contributed by atoms with van der Waals surface area (Å²) in [4.78, 5) is 12.4. The standard InChI is InChI=1S/C21H36O10/c1-19(2,31-18-17(27)16(26)15(25)13(8-22)30-18)10-4-5-21(29,9-23)12-7-14(24)20(3,28)11(12)6-10/h10-13,15-18,22-23,25-29H,4-9H2,1-3H3/t10-,11+,12-,13+,15-,16-,17-,18-,20-,21+/m1/s1. The van der Waals surface area contributed by atoms with Gasteiger partial charge in [0.2, 0.25) is 0 Å². The van der Waals surface area contributed by atoms with Gasteiger partial charge < -0.3 is 45.2 Å². The van der Waals surface area contributed by atoms with Gasteiger partial charge in [-0.15, -0.1) is 0 Å². The van der Waals surface area contributed by atoms with Gasteiger partial charge in [0.15, 0.2) is 12.1 Å². The van der Waals surface area contributed by atoms with E-state index in [0.717, 1.165) is 0 Å². The lowest BCUT2D eigenvalue weighted by atomic mass is 9.74. The molecule has 0 radical (unpaired) electrons. The summed E-state index contributed by atoms with van der Waals surface area (Å²) in [6.07, 6.45) is -6.14. The molecule has 2 aliphatic carbocycles. The van der Waals surface area contributed by atoms with E-state index in [-0.39, 0.29) is 24.5 Å². The first kappa shape index (κ1) is 24.9. The van der Waals surface area contributed by atoms with Crippen LogP contribution in [0.3, 0.4) is 0 Å². The lowest BCUT2D eigenvalue weighted by molar-refractivity contribution is -0.329. The van der Waals surface area contributed by atoms with Crippen LogP contribution in [0.15, 0.2) is 0 Å². The summed E-state index contributed by atoms with van der Waals surface area (Å²) in [5.74, 6) is -1.86. The van der Waals surface area contributed by atoms with Crippen LogP contribution in [0.25, 0.3) is 0 Å². The Morgan fingerprint density at radius 3 is 2.32 bits per heavy atom. The summed E-state index contributed by atoms with van der Waals surface area (Å²) in [6, 6.07) is 0. The molecule has 31 heavy (non-hydrogen) atoms. The van der Waals surface area contributed by atoms with Crippen LogP contribution in [-0.2, 0) is 14.3 Å². The Morgan fingerprint density at radius 2 is 1.74 bits per heavy atom. The molecule has 3 rings (SSSR count). The van der Waals surface area contributed by atoms with Crippen LogP contribution in [0, 0.1) is 17.8 Å². The molecule has 0 aromatic heterocycles. The van der Waals surface area contributed by atoms with E-state index >= 15 is 0 Å². The van der Waals surface area contributed by atoms with Gasteiger partial charge in [0.1, 0.15) is 30.0 Å². The van der Waals surface area contributed by atoms with Crippen molar-refractivity contribution < 1.29 is 50.0 Å². The summed E-state index contributed by atoms with van der Waals surface area (Å²) in [6.45, 7) is 3.81. The van der Waals surface area contributed by atoms with Gasteiger partial charge in [-0.05, 0) is 46.0 Å². The largest absolute Gasteiger partial charge is 0.394 e. The Kier molecular flexibility index (Phi) is 6.91. The molecule has 1 saturated heterocycles. The van der Waals surface area contributed by atoms with Gasteiger partial charge in [-0.3, -0.25) is 4.79 Å². The van der Waals surface area contributed by atoms with Crippen LogP contribution in [0.5, 0.6) is 0 Å². The summed E-state index contributed by atoms with van der Waals surface area (Å²) < 4.78 is 11.5. The Bertz CT molecular complexity index is 665. The van der Waals surface area contributed by atoms with Gasteiger partial charge in [-0.1, -0.05) is 0 Å². The first-order valence-corrected chi connectivity index (χ1v) is 10.9. The first-order chi connectivity index (χ1) is 14.3. The second-order valence-corrected chi connectivity index (χ2v) is 10.1. The highest BCUT2D eigenvalue weighted by molar-refractivity contribution is 5.89. The molecule has 0 bridgehead atoms. The fourth-order valence-corrected chi connectivity index (χ4v) is 5.53. The molecule has 3 fully saturated rings. The zero-order chi connectivity index (χ0) is 23.4. The van der Waals surface area contributed by atoms with Crippen molar-refractivity contribution in [2.75, 3.05) is 13.2 Å². The number of Topliss-reactive ketones (excluding diaryl/α,β-unsaturated/α-hetero) is 1. The quantitative estimate of drug-likeness (QED) is 0.250. The molecular formula is C21H36O10. The molecular weight excluding hydrogens is 412 g/mol. The van der Waals surface area contributed by atoms with Crippen molar-refractivity contribution in [3.05, 3.63) is 0 Å². The summed E-state index contributed by atoms with van der Waals surface area (Å²) in [5.41, 5.74) is -4.15. The number of hydrogen-bond donors (Lipinski definition) is 7. The maximum atomic E-state index is 12.4. The van der Waals surface area contributed by atoms with E-state index in [1.165, 1.54) is 6.92 Å². The van der Waals surface area contributed by atoms with E-state index in [4.69, 9.17) is 9.47 Å². The predicted octanol–water partition coefficient (Wildman–Crippen LogP) is -1.94. The van der Waals surface area contributed by atoms with Gasteiger partial charge >= 0.3 is 0 Å². The number of carbonyl (C=O) groups excluding carboxylic acids is 1. The molecule has 180 valence electrons. The van der Waals surface area contributed by atoms with E-state index in [9.17, 15) is 40.5 Å². The lowest BCUT2D eigenvalue weighted by Crippen LogP contribution is -2.61. The summed E-state index contributed by atoms with van der Waals surface area (Å²) in [5, 5.41) is 71.5. The molecule has 0 unspecified atom stereocenters. The number of aliphatic hydroxyl groups is 7. The highest BCUT2D eigenvalue weighted by Crippen LogP contribution is 2.52. The SMILES string of the molecule is CC(C)(O[C@H]1O[C@@H](CO)[C@@H](O)[C@@H](O)[C@H]1O)[C@@H]1CC[C@](O)(CO)[C@@H]2CC(=O)[C@](C)(O)[C@H]2C1. The molecule has 0 spiro atoms. The monoisotopic (exact) mass is 448 g/mol. The zero-order valence-corrected chi connectivity index (χ0v) is 18.2. The van der Waals surface area contributed by atoms with Crippen molar-refractivity contribution >= 4 is 5.78 Å². The molecule has 0 aromatic rings. The van der Waals surface area contributed by atoms with Crippen LogP contribution >= 0.6 is 0 Å². The number of hydrogen-bond acceptors (Lipinski definition) is 10. The average molecular weight is 449 g/mol. The molecule has 10 atom stereocenters. The topological polar surface area (TPSA) is 177 Å². The van der Waals surface area contributed by atoms with Crippen molar-refractivity contribution in [3.63, 3.8) is 0 Å². The van der Waals surface area contributed by atoms with E-state index in [2.05, 4.69) is 0 Å². The molecule has 10 nitrogen and oxygen atoms in total.